The predicted molar refractivity (Wildman–Crippen MR) is 145 cm³/mol. The monoisotopic (exact) mass is 498 g/mol. The number of anilines is 3. The lowest BCUT2D eigenvalue weighted by molar-refractivity contribution is 0.128. The van der Waals surface area contributed by atoms with Crippen molar-refractivity contribution in [1.82, 2.24) is 9.80 Å². The maximum absolute atomic E-state index is 13.2. The number of hydrogen-bond donors (Lipinski definition) is 2. The fourth-order valence-corrected chi connectivity index (χ4v) is 4.41. The molecule has 0 radical (unpaired) electrons. The number of hydrogen-bond acceptors (Lipinski definition) is 6. The molecule has 2 aliphatic rings. The Morgan fingerprint density at radius 3 is 1.84 bits per heavy atom. The summed E-state index contributed by atoms with van der Waals surface area (Å²) in [5, 5.41) is 5.50. The SMILES string of the molecule is O=C(Nc1ccccc1)N(C(=O)Nc1ccccc1)C1=NCC(CN2CCN(c3ccccc3)CC2)O1. The molecular formula is C28H30N6O3. The van der Waals surface area contributed by atoms with Gasteiger partial charge < -0.3 is 20.3 Å². The predicted octanol–water partition coefficient (Wildman–Crippen LogP) is 4.33. The minimum atomic E-state index is -0.643. The van der Waals surface area contributed by atoms with Crippen molar-refractivity contribution in [2.75, 3.05) is 54.8 Å². The fraction of sp³-hybridized carbons (Fsp3) is 0.250. The van der Waals surface area contributed by atoms with E-state index in [1.165, 1.54) is 5.69 Å². The van der Waals surface area contributed by atoms with Gasteiger partial charge in [-0.05, 0) is 36.4 Å². The Labute approximate surface area is 216 Å². The molecule has 0 bridgehead atoms. The third-order valence-corrected chi connectivity index (χ3v) is 6.31. The molecule has 9 heteroatoms. The van der Waals surface area contributed by atoms with Gasteiger partial charge in [-0.2, -0.15) is 4.90 Å². The smallest absolute Gasteiger partial charge is 0.338 e. The number of rotatable bonds is 5. The summed E-state index contributed by atoms with van der Waals surface area (Å²) >= 11 is 0. The fourth-order valence-electron chi connectivity index (χ4n) is 4.41. The summed E-state index contributed by atoms with van der Waals surface area (Å²) in [5.41, 5.74) is 2.36. The van der Waals surface area contributed by atoms with Crippen LogP contribution in [0.25, 0.3) is 0 Å². The summed E-state index contributed by atoms with van der Waals surface area (Å²) in [6.45, 7) is 4.70. The van der Waals surface area contributed by atoms with Gasteiger partial charge >= 0.3 is 18.1 Å². The highest BCUT2D eigenvalue weighted by Gasteiger charge is 2.35. The highest BCUT2D eigenvalue weighted by molar-refractivity contribution is 6.16. The molecule has 0 aliphatic carbocycles. The van der Waals surface area contributed by atoms with Crippen molar-refractivity contribution < 1.29 is 14.3 Å². The Kier molecular flexibility index (Phi) is 7.61. The summed E-state index contributed by atoms with van der Waals surface area (Å²) in [5.74, 6) is 0. The normalized spacial score (nSPS) is 17.5. The molecule has 2 aliphatic heterocycles. The number of carbonyl (C=O) groups is 2. The number of ether oxygens (including phenoxy) is 1. The van der Waals surface area contributed by atoms with Gasteiger partial charge in [0, 0.05) is 49.8 Å². The number of imide groups is 1. The van der Waals surface area contributed by atoms with E-state index in [1.54, 1.807) is 48.5 Å². The Morgan fingerprint density at radius 2 is 1.30 bits per heavy atom. The lowest BCUT2D eigenvalue weighted by Crippen LogP contribution is -2.50. The van der Waals surface area contributed by atoms with E-state index < -0.39 is 12.1 Å². The molecule has 4 amide bonds. The van der Waals surface area contributed by atoms with Crippen LogP contribution < -0.4 is 15.5 Å². The van der Waals surface area contributed by atoms with Crippen LogP contribution in [0.4, 0.5) is 26.7 Å². The average Bonchev–Trinajstić information content (AvgIpc) is 3.38. The number of aliphatic imine (C=N–C) groups is 1. The van der Waals surface area contributed by atoms with Gasteiger partial charge in [-0.1, -0.05) is 54.6 Å². The van der Waals surface area contributed by atoms with Gasteiger partial charge in [0.1, 0.15) is 6.10 Å². The van der Waals surface area contributed by atoms with Crippen LogP contribution in [0.3, 0.4) is 0 Å². The molecular weight excluding hydrogens is 468 g/mol. The lowest BCUT2D eigenvalue weighted by Gasteiger charge is -2.36. The third-order valence-electron chi connectivity index (χ3n) is 6.31. The zero-order valence-corrected chi connectivity index (χ0v) is 20.5. The lowest BCUT2D eigenvalue weighted by atomic mass is 10.2. The zero-order chi connectivity index (χ0) is 25.5. The summed E-state index contributed by atoms with van der Waals surface area (Å²) in [7, 11) is 0. The van der Waals surface area contributed by atoms with Crippen LogP contribution in [-0.4, -0.2) is 73.3 Å². The van der Waals surface area contributed by atoms with E-state index in [2.05, 4.69) is 49.7 Å². The molecule has 5 rings (SSSR count). The van der Waals surface area contributed by atoms with Gasteiger partial charge in [0.05, 0.1) is 6.54 Å². The maximum Gasteiger partial charge on any atom is 0.338 e. The molecule has 0 saturated carbocycles. The first kappa shape index (κ1) is 24.3. The third kappa shape index (κ3) is 6.25. The molecule has 3 aromatic carbocycles. The van der Waals surface area contributed by atoms with Crippen LogP contribution in [0.2, 0.25) is 0 Å². The first-order valence-corrected chi connectivity index (χ1v) is 12.4. The van der Waals surface area contributed by atoms with Gasteiger partial charge in [-0.25, -0.2) is 14.6 Å². The molecule has 1 atom stereocenters. The number of nitrogens with zero attached hydrogens (tertiary/aromatic N) is 4. The molecule has 1 unspecified atom stereocenters. The molecule has 190 valence electrons. The number of amidine groups is 1. The summed E-state index contributed by atoms with van der Waals surface area (Å²) in [6.07, 6.45) is -0.241. The van der Waals surface area contributed by atoms with Crippen molar-refractivity contribution in [3.8, 4) is 0 Å². The molecule has 37 heavy (non-hydrogen) atoms. The van der Waals surface area contributed by atoms with E-state index in [1.807, 2.05) is 18.2 Å². The Morgan fingerprint density at radius 1 is 0.784 bits per heavy atom. The van der Waals surface area contributed by atoms with E-state index in [0.717, 1.165) is 31.1 Å². The van der Waals surface area contributed by atoms with Crippen molar-refractivity contribution in [2.24, 2.45) is 4.99 Å². The quantitative estimate of drug-likeness (QED) is 0.547. The van der Waals surface area contributed by atoms with E-state index in [4.69, 9.17) is 4.74 Å². The number of para-hydroxylation sites is 3. The number of nitrogens with one attached hydrogen (secondary N) is 2. The molecule has 2 N–H and O–H groups in total. The average molecular weight is 499 g/mol. The maximum atomic E-state index is 13.2. The van der Waals surface area contributed by atoms with Crippen LogP contribution >= 0.6 is 0 Å². The second-order valence-electron chi connectivity index (χ2n) is 8.91. The van der Waals surface area contributed by atoms with Crippen molar-refractivity contribution >= 4 is 35.1 Å². The Bertz CT molecular complexity index is 1160. The number of amides is 4. The molecule has 0 spiro atoms. The van der Waals surface area contributed by atoms with Gasteiger partial charge in [0.25, 0.3) is 0 Å². The number of carbonyl (C=O) groups excluding carboxylic acids is 2. The van der Waals surface area contributed by atoms with E-state index in [-0.39, 0.29) is 12.1 Å². The number of urea groups is 2. The Balaban J connectivity index is 1.21. The van der Waals surface area contributed by atoms with Crippen LogP contribution in [0, 0.1) is 0 Å². The first-order chi connectivity index (χ1) is 18.2. The van der Waals surface area contributed by atoms with E-state index >= 15 is 0 Å². The van der Waals surface area contributed by atoms with Gasteiger partial charge in [-0.15, -0.1) is 0 Å². The second kappa shape index (κ2) is 11.6. The molecule has 0 aromatic heterocycles. The van der Waals surface area contributed by atoms with Crippen molar-refractivity contribution in [2.45, 2.75) is 6.10 Å². The largest absolute Gasteiger partial charge is 0.458 e. The van der Waals surface area contributed by atoms with Crippen LogP contribution in [0.1, 0.15) is 0 Å². The molecule has 9 nitrogen and oxygen atoms in total. The minimum absolute atomic E-state index is 0.00483. The summed E-state index contributed by atoms with van der Waals surface area (Å²) in [4.78, 5) is 36.4. The highest BCUT2D eigenvalue weighted by Crippen LogP contribution is 2.18. The van der Waals surface area contributed by atoms with Crippen LogP contribution in [-0.2, 0) is 4.74 Å². The molecule has 1 saturated heterocycles. The van der Waals surface area contributed by atoms with Crippen molar-refractivity contribution in [1.29, 1.82) is 0 Å². The number of benzene rings is 3. The van der Waals surface area contributed by atoms with Gasteiger partial charge in [0.2, 0.25) is 0 Å². The molecule has 1 fully saturated rings. The van der Waals surface area contributed by atoms with E-state index in [0.29, 0.717) is 24.5 Å². The highest BCUT2D eigenvalue weighted by atomic mass is 16.5. The zero-order valence-electron chi connectivity index (χ0n) is 20.5. The standard InChI is InChI=1S/C28H30N6O3/c35-26(30-22-10-4-1-5-11-22)34(27(36)31-23-12-6-2-7-13-23)28-29-20-25(37-28)21-32-16-18-33(19-17-32)24-14-8-3-9-15-24/h1-15,25H,16-21H2,(H,30,35)(H,31,36). The molecule has 3 aromatic rings. The first-order valence-electron chi connectivity index (χ1n) is 12.4. The van der Waals surface area contributed by atoms with Crippen LogP contribution in [0.15, 0.2) is 96.0 Å². The summed E-state index contributed by atoms with van der Waals surface area (Å²) < 4.78 is 6.05. The van der Waals surface area contributed by atoms with Gasteiger partial charge in [-0.3, -0.25) is 4.90 Å². The van der Waals surface area contributed by atoms with Crippen LogP contribution in [0.5, 0.6) is 0 Å². The van der Waals surface area contributed by atoms with E-state index in [9.17, 15) is 9.59 Å². The van der Waals surface area contributed by atoms with Crippen molar-refractivity contribution in [3.05, 3.63) is 91.0 Å². The topological polar surface area (TPSA) is 89.5 Å². The molecule has 2 heterocycles. The summed E-state index contributed by atoms with van der Waals surface area (Å²) in [6, 6.07) is 27.0. The van der Waals surface area contributed by atoms with Gasteiger partial charge in [0.15, 0.2) is 0 Å². The Hall–Kier alpha value is -4.37. The number of piperazine rings is 1. The minimum Gasteiger partial charge on any atom is -0.458 e. The second-order valence-corrected chi connectivity index (χ2v) is 8.91. The van der Waals surface area contributed by atoms with Crippen molar-refractivity contribution in [3.63, 3.8) is 0 Å².